The smallest absolute Gasteiger partial charge is 0.258 e. The summed E-state index contributed by atoms with van der Waals surface area (Å²) in [4.78, 5) is 14.4. The van der Waals surface area contributed by atoms with Crippen LogP contribution in [-0.4, -0.2) is 13.0 Å². The van der Waals surface area contributed by atoms with Crippen molar-refractivity contribution in [2.45, 2.75) is 19.8 Å². The number of fused-ring (bicyclic) bond motifs is 2. The predicted molar refractivity (Wildman–Crippen MR) is 77.9 cm³/mol. The summed E-state index contributed by atoms with van der Waals surface area (Å²) < 4.78 is 0. The van der Waals surface area contributed by atoms with Gasteiger partial charge in [-0.1, -0.05) is 37.3 Å². The molecule has 1 heterocycles. The fourth-order valence-electron chi connectivity index (χ4n) is 2.84. The number of anilines is 1. The van der Waals surface area contributed by atoms with E-state index in [4.69, 9.17) is 0 Å². The molecule has 0 aromatic heterocycles. The van der Waals surface area contributed by atoms with Gasteiger partial charge in [0.05, 0.1) is 0 Å². The van der Waals surface area contributed by atoms with Gasteiger partial charge in [0.2, 0.25) is 0 Å². The minimum absolute atomic E-state index is 0.0757. The van der Waals surface area contributed by atoms with Crippen molar-refractivity contribution in [1.29, 1.82) is 0 Å². The molecule has 0 N–H and O–H groups in total. The van der Waals surface area contributed by atoms with Crippen LogP contribution in [0.1, 0.15) is 39.9 Å². The molecule has 1 aliphatic heterocycles. The maximum absolute atomic E-state index is 12.6. The van der Waals surface area contributed by atoms with Crippen LogP contribution in [0, 0.1) is 6.92 Å². The van der Waals surface area contributed by atoms with E-state index in [9.17, 15) is 4.79 Å². The molecule has 0 bridgehead atoms. The molecule has 1 unspecified atom stereocenters. The SMILES string of the molecule is Cc1ccc2c(c1)N(C)C(=O)c1ccccc1C2C. The Bertz CT molecular complexity index is 660. The van der Waals surface area contributed by atoms with E-state index in [1.807, 2.05) is 25.2 Å². The van der Waals surface area contributed by atoms with Gasteiger partial charge in [-0.25, -0.2) is 0 Å². The predicted octanol–water partition coefficient (Wildman–Crippen LogP) is 3.74. The maximum atomic E-state index is 12.6. The summed E-state index contributed by atoms with van der Waals surface area (Å²) in [6.45, 7) is 4.22. The van der Waals surface area contributed by atoms with Crippen LogP contribution >= 0.6 is 0 Å². The number of amides is 1. The molecule has 0 aliphatic carbocycles. The molecule has 96 valence electrons. The summed E-state index contributed by atoms with van der Waals surface area (Å²) >= 11 is 0. The molecule has 19 heavy (non-hydrogen) atoms. The number of aryl methyl sites for hydroxylation is 1. The summed E-state index contributed by atoms with van der Waals surface area (Å²) in [5.74, 6) is 0.312. The number of benzene rings is 2. The monoisotopic (exact) mass is 251 g/mol. The van der Waals surface area contributed by atoms with Gasteiger partial charge in [0, 0.05) is 24.2 Å². The molecule has 0 saturated heterocycles. The molecule has 2 aromatic rings. The van der Waals surface area contributed by atoms with Crippen LogP contribution < -0.4 is 4.90 Å². The average molecular weight is 251 g/mol. The van der Waals surface area contributed by atoms with Crippen LogP contribution in [-0.2, 0) is 0 Å². The van der Waals surface area contributed by atoms with Crippen LogP contribution in [0.25, 0.3) is 0 Å². The lowest BCUT2D eigenvalue weighted by Gasteiger charge is -2.19. The van der Waals surface area contributed by atoms with Crippen molar-refractivity contribution in [2.24, 2.45) is 0 Å². The number of hydrogen-bond acceptors (Lipinski definition) is 1. The molecule has 1 aliphatic rings. The Morgan fingerprint density at radius 2 is 1.79 bits per heavy atom. The van der Waals surface area contributed by atoms with E-state index in [1.54, 1.807) is 4.90 Å². The second kappa shape index (κ2) is 4.23. The molecule has 0 spiro atoms. The van der Waals surface area contributed by atoms with Gasteiger partial charge in [-0.15, -0.1) is 0 Å². The molecule has 1 atom stereocenters. The summed E-state index contributed by atoms with van der Waals surface area (Å²) in [5, 5.41) is 0. The first kappa shape index (κ1) is 12.0. The molecule has 0 fully saturated rings. The Balaban J connectivity index is 2.30. The summed E-state index contributed by atoms with van der Waals surface area (Å²) in [6, 6.07) is 14.3. The van der Waals surface area contributed by atoms with Crippen molar-refractivity contribution in [3.05, 3.63) is 64.7 Å². The highest BCUT2D eigenvalue weighted by Crippen LogP contribution is 2.37. The largest absolute Gasteiger partial charge is 0.311 e. The first-order chi connectivity index (χ1) is 9.09. The quantitative estimate of drug-likeness (QED) is 0.698. The third kappa shape index (κ3) is 1.75. The Labute approximate surface area is 113 Å². The van der Waals surface area contributed by atoms with E-state index in [1.165, 1.54) is 11.1 Å². The van der Waals surface area contributed by atoms with Gasteiger partial charge in [0.25, 0.3) is 5.91 Å². The van der Waals surface area contributed by atoms with Gasteiger partial charge in [-0.3, -0.25) is 4.79 Å². The number of hydrogen-bond donors (Lipinski definition) is 0. The Kier molecular flexibility index (Phi) is 2.67. The first-order valence-corrected chi connectivity index (χ1v) is 6.57. The number of nitrogens with zero attached hydrogens (tertiary/aromatic N) is 1. The lowest BCUT2D eigenvalue weighted by molar-refractivity contribution is 0.0993. The van der Waals surface area contributed by atoms with E-state index < -0.39 is 0 Å². The van der Waals surface area contributed by atoms with Crippen LogP contribution in [0.5, 0.6) is 0 Å². The highest BCUT2D eigenvalue weighted by molar-refractivity contribution is 6.08. The fraction of sp³-hybridized carbons (Fsp3) is 0.235. The van der Waals surface area contributed by atoms with Crippen molar-refractivity contribution in [3.63, 3.8) is 0 Å². The van der Waals surface area contributed by atoms with Gasteiger partial charge in [-0.2, -0.15) is 0 Å². The molecule has 0 radical (unpaired) electrons. The molecular weight excluding hydrogens is 234 g/mol. The van der Waals surface area contributed by atoms with E-state index in [-0.39, 0.29) is 11.8 Å². The molecule has 2 aromatic carbocycles. The first-order valence-electron chi connectivity index (χ1n) is 6.57. The van der Waals surface area contributed by atoms with Crippen molar-refractivity contribution < 1.29 is 4.79 Å². The molecule has 3 rings (SSSR count). The van der Waals surface area contributed by atoms with E-state index in [2.05, 4.69) is 38.1 Å². The normalized spacial score (nSPS) is 17.7. The number of rotatable bonds is 0. The number of carbonyl (C=O) groups excluding carboxylic acids is 1. The Morgan fingerprint density at radius 3 is 2.58 bits per heavy atom. The molecular formula is C17H17NO. The van der Waals surface area contributed by atoms with Crippen molar-refractivity contribution in [3.8, 4) is 0 Å². The van der Waals surface area contributed by atoms with Crippen molar-refractivity contribution >= 4 is 11.6 Å². The van der Waals surface area contributed by atoms with Gasteiger partial charge in [-0.05, 0) is 35.7 Å². The van der Waals surface area contributed by atoms with E-state index in [0.29, 0.717) is 0 Å². The Morgan fingerprint density at radius 1 is 1.05 bits per heavy atom. The van der Waals surface area contributed by atoms with Crippen LogP contribution in [0.2, 0.25) is 0 Å². The molecule has 1 amide bonds. The summed E-state index contributed by atoms with van der Waals surface area (Å²) in [5.41, 5.74) is 5.34. The zero-order valence-electron chi connectivity index (χ0n) is 11.5. The average Bonchev–Trinajstić information content (AvgIpc) is 2.51. The zero-order valence-corrected chi connectivity index (χ0v) is 11.5. The van der Waals surface area contributed by atoms with Gasteiger partial charge in [0.15, 0.2) is 0 Å². The lowest BCUT2D eigenvalue weighted by atomic mass is 9.89. The van der Waals surface area contributed by atoms with Gasteiger partial charge in [0.1, 0.15) is 0 Å². The summed E-state index contributed by atoms with van der Waals surface area (Å²) in [6.07, 6.45) is 0. The standard InChI is InChI=1S/C17H17NO/c1-11-8-9-14-12(2)13-6-4-5-7-15(13)17(19)18(3)16(14)10-11/h4-10,12H,1-3H3. The van der Waals surface area contributed by atoms with Crippen LogP contribution in [0.3, 0.4) is 0 Å². The zero-order chi connectivity index (χ0) is 13.6. The van der Waals surface area contributed by atoms with E-state index >= 15 is 0 Å². The third-order valence-corrected chi connectivity index (χ3v) is 3.98. The maximum Gasteiger partial charge on any atom is 0.258 e. The van der Waals surface area contributed by atoms with Crippen LogP contribution in [0.15, 0.2) is 42.5 Å². The molecule has 0 saturated carbocycles. The number of carbonyl (C=O) groups is 1. The molecule has 2 nitrogen and oxygen atoms in total. The second-order valence-electron chi connectivity index (χ2n) is 5.24. The fourth-order valence-corrected chi connectivity index (χ4v) is 2.84. The molecule has 2 heteroatoms. The van der Waals surface area contributed by atoms with Crippen molar-refractivity contribution in [1.82, 2.24) is 0 Å². The van der Waals surface area contributed by atoms with Crippen molar-refractivity contribution in [2.75, 3.05) is 11.9 Å². The lowest BCUT2D eigenvalue weighted by Crippen LogP contribution is -2.26. The van der Waals surface area contributed by atoms with Gasteiger partial charge >= 0.3 is 0 Å². The summed E-state index contributed by atoms with van der Waals surface area (Å²) in [7, 11) is 1.86. The minimum atomic E-state index is 0.0757. The van der Waals surface area contributed by atoms with Crippen LogP contribution in [0.4, 0.5) is 5.69 Å². The minimum Gasteiger partial charge on any atom is -0.311 e. The van der Waals surface area contributed by atoms with E-state index in [0.717, 1.165) is 16.8 Å². The Hall–Kier alpha value is -2.09. The highest BCUT2D eigenvalue weighted by atomic mass is 16.2. The highest BCUT2D eigenvalue weighted by Gasteiger charge is 2.27. The van der Waals surface area contributed by atoms with Gasteiger partial charge < -0.3 is 4.90 Å². The second-order valence-corrected chi connectivity index (χ2v) is 5.24. The topological polar surface area (TPSA) is 20.3 Å². The third-order valence-electron chi connectivity index (χ3n) is 3.98.